The largest absolute Gasteiger partial charge is 0.467 e. The van der Waals surface area contributed by atoms with Gasteiger partial charge in [0.1, 0.15) is 29.8 Å². The second kappa shape index (κ2) is 9.58. The quantitative estimate of drug-likeness (QED) is 0.338. The number of ether oxygens (including phenoxy) is 1. The first-order valence-electron chi connectivity index (χ1n) is 11.5. The maximum Gasteiger partial charge on any atom is 0.233 e. The fourth-order valence-corrected chi connectivity index (χ4v) is 5.50. The molecule has 5 rings (SSSR count). The van der Waals surface area contributed by atoms with E-state index in [4.69, 9.17) is 14.9 Å². The van der Waals surface area contributed by atoms with Gasteiger partial charge in [-0.15, -0.1) is 0 Å². The minimum atomic E-state index is -1.46. The molecule has 0 bridgehead atoms. The normalized spacial score (nSPS) is 21.0. The molecule has 0 amide bonds. The molecule has 3 aromatic heterocycles. The lowest BCUT2D eigenvalue weighted by molar-refractivity contribution is 0.189. The number of hydrogen-bond donors (Lipinski definition) is 2. The molecule has 9 nitrogen and oxygen atoms in total. The summed E-state index contributed by atoms with van der Waals surface area (Å²) in [4.78, 5) is 21.7. The Morgan fingerprint density at radius 1 is 1.19 bits per heavy atom. The number of pyridine rings is 1. The third kappa shape index (κ3) is 4.68. The zero-order valence-corrected chi connectivity index (χ0v) is 21.2. The highest BCUT2D eigenvalue weighted by atomic mass is 32.2. The van der Waals surface area contributed by atoms with Crippen LogP contribution in [0.25, 0.3) is 11.0 Å². The molecule has 0 radical (unpaired) electrons. The van der Waals surface area contributed by atoms with Crippen LogP contribution >= 0.6 is 11.8 Å². The van der Waals surface area contributed by atoms with Gasteiger partial charge in [-0.25, -0.2) is 33.7 Å². The van der Waals surface area contributed by atoms with Gasteiger partial charge in [-0.05, 0) is 38.1 Å². The molecule has 1 aliphatic heterocycles. The van der Waals surface area contributed by atoms with Gasteiger partial charge >= 0.3 is 0 Å². The Morgan fingerprint density at radius 3 is 2.78 bits per heavy atom. The summed E-state index contributed by atoms with van der Waals surface area (Å²) in [6.07, 6.45) is 6.02. The summed E-state index contributed by atoms with van der Waals surface area (Å²) in [5.74, 6) is 0.194. The van der Waals surface area contributed by atoms with Crippen LogP contribution in [-0.4, -0.2) is 36.5 Å². The summed E-state index contributed by atoms with van der Waals surface area (Å²) >= 11 is 1.36. The molecule has 1 aromatic carbocycles. The Balaban J connectivity index is 1.47. The van der Waals surface area contributed by atoms with E-state index in [1.807, 2.05) is 20.8 Å². The number of halogens is 2. The Bertz CT molecular complexity index is 1460. The summed E-state index contributed by atoms with van der Waals surface area (Å²) in [5, 5.41) is 3.39. The summed E-state index contributed by atoms with van der Waals surface area (Å²) in [6.45, 7) is 4.99. The molecule has 4 heterocycles. The minimum absolute atomic E-state index is 0.110. The van der Waals surface area contributed by atoms with Crippen LogP contribution in [0.5, 0.6) is 5.88 Å². The molecule has 0 fully saturated rings. The highest BCUT2D eigenvalue weighted by Gasteiger charge is 2.51. The van der Waals surface area contributed by atoms with Crippen LogP contribution in [0.2, 0.25) is 0 Å². The number of amidine groups is 1. The lowest BCUT2D eigenvalue weighted by atomic mass is 9.74. The predicted molar refractivity (Wildman–Crippen MR) is 138 cm³/mol. The lowest BCUT2D eigenvalue weighted by Gasteiger charge is -2.46. The van der Waals surface area contributed by atoms with Gasteiger partial charge in [0.05, 0.1) is 17.9 Å². The van der Waals surface area contributed by atoms with Gasteiger partial charge in [0.2, 0.25) is 11.8 Å². The Labute approximate surface area is 216 Å². The van der Waals surface area contributed by atoms with Gasteiger partial charge in [0.15, 0.2) is 17.6 Å². The van der Waals surface area contributed by atoms with Crippen LogP contribution in [0.15, 0.2) is 58.5 Å². The van der Waals surface area contributed by atoms with Crippen molar-refractivity contribution in [1.29, 1.82) is 0 Å². The van der Waals surface area contributed by atoms with Crippen molar-refractivity contribution in [1.82, 2.24) is 19.9 Å². The second-order valence-electron chi connectivity index (χ2n) is 9.20. The Hall–Kier alpha value is -3.80. The molecule has 12 heteroatoms. The molecule has 1 aliphatic rings. The molecular formula is C25H25F2N7O2S. The van der Waals surface area contributed by atoms with Crippen molar-refractivity contribution < 1.29 is 17.9 Å². The van der Waals surface area contributed by atoms with Crippen molar-refractivity contribution in [2.45, 2.75) is 37.7 Å². The van der Waals surface area contributed by atoms with Crippen molar-refractivity contribution in [3.8, 4) is 5.88 Å². The van der Waals surface area contributed by atoms with Crippen LogP contribution in [-0.2, 0) is 12.1 Å². The number of nitrogens with two attached hydrogens (primary N) is 1. The second-order valence-corrected chi connectivity index (χ2v) is 10.9. The standard InChI is InChI=1S/C25H25F2N7O2S/c1-14-24(2,3)37-23(28)34-25(14,13-26)16-10-15(4-5-17(16)27)32-22-21-18(6-7-30-22)33-19(11-31-21)36-12-20-29-8-9-35-20/h4-11,14H,12-13H2,1-3H3,(H2,28,34)(H,30,32)/t14?,25-/m0/s1. The van der Waals surface area contributed by atoms with Gasteiger partial charge in [-0.3, -0.25) is 0 Å². The number of rotatable bonds is 7. The predicted octanol–water partition coefficient (Wildman–Crippen LogP) is 5.12. The highest BCUT2D eigenvalue weighted by Crippen LogP contribution is 2.50. The Kier molecular flexibility index (Phi) is 6.44. The summed E-state index contributed by atoms with van der Waals surface area (Å²) in [6, 6.07) is 6.08. The van der Waals surface area contributed by atoms with E-state index in [0.717, 1.165) is 0 Å². The van der Waals surface area contributed by atoms with Gasteiger partial charge in [0, 0.05) is 28.1 Å². The average Bonchev–Trinajstić information content (AvgIpc) is 3.40. The monoisotopic (exact) mass is 525 g/mol. The number of aromatic nitrogens is 4. The van der Waals surface area contributed by atoms with Crippen molar-refractivity contribution in [2.24, 2.45) is 16.6 Å². The maximum atomic E-state index is 15.2. The number of nitrogens with zero attached hydrogens (tertiary/aromatic N) is 5. The van der Waals surface area contributed by atoms with E-state index in [0.29, 0.717) is 34.3 Å². The molecular weight excluding hydrogens is 500 g/mol. The van der Waals surface area contributed by atoms with Crippen LogP contribution in [0.3, 0.4) is 0 Å². The number of oxazole rings is 1. The fraction of sp³-hybridized carbons (Fsp3) is 0.320. The van der Waals surface area contributed by atoms with E-state index in [2.05, 4.69) is 30.2 Å². The number of benzene rings is 1. The smallest absolute Gasteiger partial charge is 0.233 e. The molecule has 3 N–H and O–H groups in total. The maximum absolute atomic E-state index is 15.2. The molecule has 0 saturated heterocycles. The first-order chi connectivity index (χ1) is 17.7. The number of hydrogen-bond acceptors (Lipinski definition) is 10. The number of thioether (sulfide) groups is 1. The number of anilines is 2. The third-order valence-corrected chi connectivity index (χ3v) is 7.78. The summed E-state index contributed by atoms with van der Waals surface area (Å²) < 4.78 is 40.2. The highest BCUT2D eigenvalue weighted by molar-refractivity contribution is 8.15. The number of fused-ring (bicyclic) bond motifs is 1. The number of nitrogens with one attached hydrogen (secondary N) is 1. The van der Waals surface area contributed by atoms with Crippen LogP contribution < -0.4 is 15.8 Å². The van der Waals surface area contributed by atoms with E-state index >= 15 is 4.39 Å². The van der Waals surface area contributed by atoms with Crippen LogP contribution in [0.4, 0.5) is 20.3 Å². The van der Waals surface area contributed by atoms with E-state index in [1.54, 1.807) is 24.4 Å². The molecule has 1 unspecified atom stereocenters. The molecule has 0 spiro atoms. The van der Waals surface area contributed by atoms with Crippen molar-refractivity contribution in [3.63, 3.8) is 0 Å². The zero-order valence-electron chi connectivity index (χ0n) is 20.4. The van der Waals surface area contributed by atoms with E-state index < -0.39 is 22.8 Å². The van der Waals surface area contributed by atoms with E-state index in [1.165, 1.54) is 36.5 Å². The van der Waals surface area contributed by atoms with Crippen molar-refractivity contribution >= 4 is 39.5 Å². The molecule has 192 valence electrons. The zero-order chi connectivity index (χ0) is 26.2. The molecule has 4 aromatic rings. The van der Waals surface area contributed by atoms with Gasteiger partial charge in [-0.1, -0.05) is 18.7 Å². The first kappa shape index (κ1) is 24.9. The van der Waals surface area contributed by atoms with E-state index in [9.17, 15) is 4.39 Å². The van der Waals surface area contributed by atoms with Crippen LogP contribution in [0.1, 0.15) is 32.2 Å². The lowest BCUT2D eigenvalue weighted by Crippen LogP contribution is -2.50. The third-order valence-electron chi connectivity index (χ3n) is 6.60. The molecule has 0 aliphatic carbocycles. The molecule has 37 heavy (non-hydrogen) atoms. The van der Waals surface area contributed by atoms with Gasteiger partial charge in [-0.2, -0.15) is 0 Å². The van der Waals surface area contributed by atoms with Crippen molar-refractivity contribution in [2.75, 3.05) is 12.0 Å². The minimum Gasteiger partial charge on any atom is -0.467 e. The Morgan fingerprint density at radius 2 is 2.03 bits per heavy atom. The fourth-order valence-electron chi connectivity index (χ4n) is 4.38. The van der Waals surface area contributed by atoms with Gasteiger partial charge < -0.3 is 20.2 Å². The average molecular weight is 526 g/mol. The molecule has 0 saturated carbocycles. The van der Waals surface area contributed by atoms with Crippen molar-refractivity contribution in [3.05, 3.63) is 66.4 Å². The topological polar surface area (TPSA) is 124 Å². The molecule has 2 atom stereocenters. The number of alkyl halides is 1. The van der Waals surface area contributed by atoms with Crippen LogP contribution in [0, 0.1) is 11.7 Å². The summed E-state index contributed by atoms with van der Waals surface area (Å²) in [7, 11) is 0. The SMILES string of the molecule is CC1C(C)(C)SC(N)=N[C@]1(CF)c1cc(Nc2nccc3nc(OCc4ncco4)cnc23)ccc1F. The first-order valence-corrected chi connectivity index (χ1v) is 12.3. The summed E-state index contributed by atoms with van der Waals surface area (Å²) in [5.41, 5.74) is 6.22. The number of aliphatic imine (C=N–C) groups is 1. The van der Waals surface area contributed by atoms with Gasteiger partial charge in [0.25, 0.3) is 0 Å². The van der Waals surface area contributed by atoms with E-state index in [-0.39, 0.29) is 23.3 Å².